The highest BCUT2D eigenvalue weighted by Gasteiger charge is 2.34. The first kappa shape index (κ1) is 35.9. The molecule has 0 aliphatic carbocycles. The zero-order valence-electron chi connectivity index (χ0n) is 35.0. The second kappa shape index (κ2) is 13.3. The highest BCUT2D eigenvalue weighted by Crippen LogP contribution is 2.51. The molecule has 0 amide bonds. The van der Waals surface area contributed by atoms with Crippen LogP contribution in [0.25, 0.3) is 115 Å². The fraction of sp³-hybridized carbons (Fsp3) is 0.0345. The molecular formula is C58H36N6. The van der Waals surface area contributed by atoms with Gasteiger partial charge in [0, 0.05) is 43.1 Å². The number of para-hydroxylation sites is 6. The number of nitriles is 1. The van der Waals surface area contributed by atoms with Crippen molar-refractivity contribution < 1.29 is 0 Å². The number of aromatic nitrogens is 4. The molecule has 0 N–H and O–H groups in total. The fourth-order valence-electron chi connectivity index (χ4n) is 10.7. The molecule has 0 saturated heterocycles. The fourth-order valence-corrected chi connectivity index (χ4v) is 10.7. The van der Waals surface area contributed by atoms with Gasteiger partial charge in [0.2, 0.25) is 5.69 Å². The highest BCUT2D eigenvalue weighted by atomic mass is 15.1. The molecule has 0 spiro atoms. The zero-order chi connectivity index (χ0) is 42.8. The Hall–Kier alpha value is -8.84. The summed E-state index contributed by atoms with van der Waals surface area (Å²) in [4.78, 5) is 4.66. The van der Waals surface area contributed by atoms with Gasteiger partial charge in [-0.15, -0.1) is 0 Å². The third-order valence-electron chi connectivity index (χ3n) is 13.3. The van der Waals surface area contributed by atoms with Crippen molar-refractivity contribution in [3.05, 3.63) is 210 Å². The molecule has 0 atom stereocenters. The van der Waals surface area contributed by atoms with Crippen LogP contribution in [0.1, 0.15) is 16.7 Å². The van der Waals surface area contributed by atoms with Crippen LogP contribution in [0.2, 0.25) is 0 Å². The lowest BCUT2D eigenvalue weighted by Gasteiger charge is -2.27. The number of hydrogen-bond acceptors (Lipinski definition) is 1. The van der Waals surface area contributed by atoms with E-state index in [1.54, 1.807) is 0 Å². The van der Waals surface area contributed by atoms with E-state index in [9.17, 15) is 11.8 Å². The molecule has 0 radical (unpaired) electrons. The largest absolute Gasteiger partial charge is 0.318 e. The monoisotopic (exact) mass is 816 g/mol. The third-order valence-corrected chi connectivity index (χ3v) is 13.3. The van der Waals surface area contributed by atoms with E-state index in [4.69, 9.17) is 0 Å². The number of fused-ring (bicyclic) bond motifs is 12. The number of hydrogen-bond donors (Lipinski definition) is 0. The number of benzene rings is 9. The molecule has 64 heavy (non-hydrogen) atoms. The van der Waals surface area contributed by atoms with Crippen LogP contribution >= 0.6 is 0 Å². The lowest BCUT2D eigenvalue weighted by atomic mass is 10.0. The molecule has 13 aromatic rings. The van der Waals surface area contributed by atoms with E-state index in [1.807, 2.05) is 12.1 Å². The Morgan fingerprint density at radius 1 is 0.359 bits per heavy atom. The van der Waals surface area contributed by atoms with Gasteiger partial charge in [-0.2, -0.15) is 5.26 Å². The summed E-state index contributed by atoms with van der Waals surface area (Å²) in [7, 11) is 0. The lowest BCUT2D eigenvalue weighted by Crippen LogP contribution is -2.14. The molecular weight excluding hydrogens is 781 g/mol. The maximum absolute atomic E-state index is 12.2. The smallest absolute Gasteiger partial charge is 0.237 e. The summed E-state index contributed by atoms with van der Waals surface area (Å²) in [6.07, 6.45) is 0. The van der Waals surface area contributed by atoms with Gasteiger partial charge in [0.05, 0.1) is 79.0 Å². The van der Waals surface area contributed by atoms with Crippen molar-refractivity contribution in [2.75, 3.05) is 0 Å². The maximum Gasteiger partial charge on any atom is 0.237 e. The number of nitrogens with zero attached hydrogens (tertiary/aromatic N) is 6. The number of rotatable bonds is 4. The Labute approximate surface area is 367 Å². The van der Waals surface area contributed by atoms with Gasteiger partial charge in [0.15, 0.2) is 0 Å². The van der Waals surface area contributed by atoms with Crippen LogP contribution in [0.3, 0.4) is 0 Å². The van der Waals surface area contributed by atoms with Gasteiger partial charge in [-0.3, -0.25) is 0 Å². The Balaban J connectivity index is 1.40. The SMILES string of the molecule is [C-]#[N+]c1c(-n2c3ccccc3c3ccccc32)c(C#N)c(-n2c3ccccc3c3cc(C)ccc32)c(-n2c3ccccc3c3ccccc32)c1-n1c2ccccc2c2cc(C)ccc21. The lowest BCUT2D eigenvalue weighted by molar-refractivity contribution is 1.03. The standard InChI is InChI=1S/C58H36N6/c1-35-28-30-52-43(32-35)41-20-8-14-26-50(41)62(52)56-45(34-59)55(61-46-22-10-4-16-37(46)38-17-5-11-23-47(38)61)54(60-3)57(63-51-27-15-9-21-42(51)44-33-36(2)29-31-53(44)63)58(56)64-48-24-12-6-18-39(48)40-19-7-13-25-49(40)64/h4-33H,1-2H3. The number of aryl methyl sites for hydroxylation is 2. The molecule has 13 rings (SSSR count). The van der Waals surface area contributed by atoms with Crippen molar-refractivity contribution in [3.63, 3.8) is 0 Å². The average Bonchev–Trinajstić information content (AvgIpc) is 4.05. The summed E-state index contributed by atoms with van der Waals surface area (Å²) in [6, 6.07) is 66.7. The predicted molar refractivity (Wildman–Crippen MR) is 264 cm³/mol. The Morgan fingerprint density at radius 3 is 1.02 bits per heavy atom. The van der Waals surface area contributed by atoms with E-state index < -0.39 is 0 Å². The average molecular weight is 817 g/mol. The van der Waals surface area contributed by atoms with E-state index in [-0.39, 0.29) is 0 Å². The Bertz CT molecular complexity index is 3980. The van der Waals surface area contributed by atoms with Crippen molar-refractivity contribution in [1.82, 2.24) is 18.3 Å². The summed E-state index contributed by atoms with van der Waals surface area (Å²) in [5.41, 5.74) is 13.4. The second-order valence-corrected chi connectivity index (χ2v) is 16.8. The molecule has 6 heteroatoms. The molecule has 0 bridgehead atoms. The van der Waals surface area contributed by atoms with E-state index in [0.29, 0.717) is 28.3 Å². The van der Waals surface area contributed by atoms with Crippen LogP contribution in [-0.4, -0.2) is 18.3 Å². The van der Waals surface area contributed by atoms with Gasteiger partial charge in [0.1, 0.15) is 6.07 Å². The summed E-state index contributed by atoms with van der Waals surface area (Å²) in [5.74, 6) is 0. The minimum atomic E-state index is 0.378. The predicted octanol–water partition coefficient (Wildman–Crippen LogP) is 15.1. The van der Waals surface area contributed by atoms with E-state index in [1.165, 1.54) is 0 Å². The minimum Gasteiger partial charge on any atom is -0.318 e. The van der Waals surface area contributed by atoms with Crippen molar-refractivity contribution in [3.8, 4) is 28.8 Å². The molecule has 0 saturated carbocycles. The summed E-state index contributed by atoms with van der Waals surface area (Å²) >= 11 is 0. The van der Waals surface area contributed by atoms with Crippen molar-refractivity contribution in [2.45, 2.75) is 13.8 Å². The van der Waals surface area contributed by atoms with Crippen molar-refractivity contribution >= 4 is 92.9 Å². The van der Waals surface area contributed by atoms with Crippen LogP contribution < -0.4 is 0 Å². The third kappa shape index (κ3) is 4.71. The first-order chi connectivity index (χ1) is 31.6. The molecule has 0 unspecified atom stereocenters. The minimum absolute atomic E-state index is 0.378. The van der Waals surface area contributed by atoms with Gasteiger partial charge < -0.3 is 18.3 Å². The second-order valence-electron chi connectivity index (χ2n) is 16.8. The van der Waals surface area contributed by atoms with Gasteiger partial charge in [-0.1, -0.05) is 132 Å². The summed E-state index contributed by atoms with van der Waals surface area (Å²) < 4.78 is 9.10. The van der Waals surface area contributed by atoms with Gasteiger partial charge in [-0.25, -0.2) is 4.85 Å². The normalized spacial score (nSPS) is 11.9. The van der Waals surface area contributed by atoms with Crippen LogP contribution in [0.5, 0.6) is 0 Å². The molecule has 6 nitrogen and oxygen atoms in total. The van der Waals surface area contributed by atoms with Crippen molar-refractivity contribution in [2.24, 2.45) is 0 Å². The summed E-state index contributed by atoms with van der Waals surface area (Å²) in [5, 5.41) is 20.8. The molecule has 4 heterocycles. The molecule has 0 fully saturated rings. The summed E-state index contributed by atoms with van der Waals surface area (Å²) in [6.45, 7) is 13.8. The maximum atomic E-state index is 12.2. The molecule has 0 aliphatic heterocycles. The van der Waals surface area contributed by atoms with Gasteiger partial charge in [-0.05, 0) is 74.5 Å². The molecule has 9 aromatic carbocycles. The van der Waals surface area contributed by atoms with Crippen molar-refractivity contribution in [1.29, 1.82) is 5.26 Å². The topological polar surface area (TPSA) is 47.9 Å². The zero-order valence-corrected chi connectivity index (χ0v) is 35.0. The van der Waals surface area contributed by atoms with Crippen LogP contribution in [0.4, 0.5) is 5.69 Å². The Kier molecular flexibility index (Phi) is 7.47. The van der Waals surface area contributed by atoms with E-state index in [2.05, 4.69) is 213 Å². The van der Waals surface area contributed by atoms with E-state index >= 15 is 0 Å². The Morgan fingerprint density at radius 2 is 0.656 bits per heavy atom. The first-order valence-electron chi connectivity index (χ1n) is 21.5. The van der Waals surface area contributed by atoms with Gasteiger partial charge in [0.25, 0.3) is 0 Å². The van der Waals surface area contributed by atoms with Crippen LogP contribution in [0, 0.1) is 31.8 Å². The molecule has 0 aliphatic rings. The first-order valence-corrected chi connectivity index (χ1v) is 21.5. The van der Waals surface area contributed by atoms with Crippen LogP contribution in [-0.2, 0) is 0 Å². The quantitative estimate of drug-likeness (QED) is 0.163. The molecule has 4 aromatic heterocycles. The van der Waals surface area contributed by atoms with Crippen LogP contribution in [0.15, 0.2) is 182 Å². The van der Waals surface area contributed by atoms with E-state index in [0.717, 1.165) is 104 Å². The molecule has 298 valence electrons. The van der Waals surface area contributed by atoms with Gasteiger partial charge >= 0.3 is 0 Å². The highest BCUT2D eigenvalue weighted by molar-refractivity contribution is 6.17.